The molecule has 21 heavy (non-hydrogen) atoms. The maximum atomic E-state index is 12.5. The van der Waals surface area contributed by atoms with Crippen molar-refractivity contribution in [2.75, 3.05) is 11.8 Å². The van der Waals surface area contributed by atoms with Gasteiger partial charge in [-0.3, -0.25) is 4.72 Å². The molecule has 0 aliphatic heterocycles. The number of nitrogens with zero attached hydrogens (tertiary/aromatic N) is 1. The Hall–Kier alpha value is -2.02. The summed E-state index contributed by atoms with van der Waals surface area (Å²) in [7, 11) is -2.28. The summed E-state index contributed by atoms with van der Waals surface area (Å²) in [4.78, 5) is 0.0597. The van der Waals surface area contributed by atoms with Crippen molar-refractivity contribution in [3.63, 3.8) is 0 Å². The Kier molecular flexibility index (Phi) is 3.95. The lowest BCUT2D eigenvalue weighted by Crippen LogP contribution is -2.16. The van der Waals surface area contributed by atoms with Gasteiger partial charge in [-0.15, -0.1) is 0 Å². The van der Waals surface area contributed by atoms with Gasteiger partial charge in [0.15, 0.2) is 10.7 Å². The maximum Gasteiger partial charge on any atom is 0.267 e. The normalized spacial score (nSPS) is 11.5. The third-order valence-electron chi connectivity index (χ3n) is 3.14. The lowest BCUT2D eigenvalue weighted by molar-refractivity contribution is 0.390. The zero-order valence-corrected chi connectivity index (χ0v) is 13.5. The first-order chi connectivity index (χ1) is 9.76. The molecule has 0 bridgehead atoms. The Labute approximate surface area is 124 Å². The SMILES string of the molecule is COc1cc(C)cc(C)c1NS(=O)(=O)c1c(C)noc1C. The van der Waals surface area contributed by atoms with Gasteiger partial charge in [-0.05, 0) is 44.9 Å². The third-order valence-corrected chi connectivity index (χ3v) is 4.73. The molecule has 2 aromatic rings. The summed E-state index contributed by atoms with van der Waals surface area (Å²) in [6.07, 6.45) is 0. The van der Waals surface area contributed by atoms with E-state index in [2.05, 4.69) is 9.88 Å². The lowest BCUT2D eigenvalue weighted by Gasteiger charge is -2.15. The van der Waals surface area contributed by atoms with Crippen molar-refractivity contribution in [1.82, 2.24) is 5.16 Å². The van der Waals surface area contributed by atoms with Crippen LogP contribution >= 0.6 is 0 Å². The van der Waals surface area contributed by atoms with Crippen LogP contribution in [0.3, 0.4) is 0 Å². The molecule has 0 saturated heterocycles. The molecule has 1 heterocycles. The molecule has 0 aliphatic rings. The van der Waals surface area contributed by atoms with E-state index in [1.54, 1.807) is 19.9 Å². The molecule has 0 fully saturated rings. The van der Waals surface area contributed by atoms with Crippen LogP contribution in [0.5, 0.6) is 5.75 Å². The van der Waals surface area contributed by atoms with Gasteiger partial charge in [-0.1, -0.05) is 11.2 Å². The van der Waals surface area contributed by atoms with Gasteiger partial charge in [0, 0.05) is 0 Å². The Morgan fingerprint density at radius 3 is 2.38 bits per heavy atom. The van der Waals surface area contributed by atoms with Crippen molar-refractivity contribution < 1.29 is 17.7 Å². The maximum absolute atomic E-state index is 12.5. The summed E-state index contributed by atoms with van der Waals surface area (Å²) >= 11 is 0. The molecule has 0 spiro atoms. The number of aryl methyl sites for hydroxylation is 4. The lowest BCUT2D eigenvalue weighted by atomic mass is 10.1. The molecule has 0 atom stereocenters. The summed E-state index contributed by atoms with van der Waals surface area (Å²) < 4.78 is 37.8. The number of aromatic nitrogens is 1. The number of rotatable bonds is 4. The predicted octanol–water partition coefficient (Wildman–Crippen LogP) is 2.72. The molecule has 2 rings (SSSR count). The van der Waals surface area contributed by atoms with Crippen LogP contribution in [0.1, 0.15) is 22.6 Å². The Bertz CT molecular complexity index is 759. The predicted molar refractivity (Wildman–Crippen MR) is 79.3 cm³/mol. The van der Waals surface area contributed by atoms with E-state index in [0.29, 0.717) is 17.1 Å². The fourth-order valence-corrected chi connectivity index (χ4v) is 3.74. The van der Waals surface area contributed by atoms with Crippen LogP contribution in [0.2, 0.25) is 0 Å². The number of sulfonamides is 1. The Morgan fingerprint density at radius 1 is 1.19 bits per heavy atom. The average Bonchev–Trinajstić information content (AvgIpc) is 2.72. The summed E-state index contributed by atoms with van der Waals surface area (Å²) in [5.74, 6) is 0.728. The summed E-state index contributed by atoms with van der Waals surface area (Å²) in [5, 5.41) is 3.68. The number of anilines is 1. The first-order valence-electron chi connectivity index (χ1n) is 6.37. The van der Waals surface area contributed by atoms with Crippen LogP contribution in [0.25, 0.3) is 0 Å². The molecule has 0 amide bonds. The minimum atomic E-state index is -3.79. The van der Waals surface area contributed by atoms with E-state index in [1.165, 1.54) is 7.11 Å². The smallest absolute Gasteiger partial charge is 0.267 e. The second-order valence-electron chi connectivity index (χ2n) is 4.92. The standard InChI is InChI=1S/C14H18N2O4S/c1-8-6-9(2)13(12(7-8)19-5)16-21(17,18)14-10(3)15-20-11(14)4/h6-7,16H,1-5H3. The summed E-state index contributed by atoms with van der Waals surface area (Å²) in [6, 6.07) is 3.66. The highest BCUT2D eigenvalue weighted by Gasteiger charge is 2.26. The summed E-state index contributed by atoms with van der Waals surface area (Å²) in [6.45, 7) is 6.89. The van der Waals surface area contributed by atoms with Gasteiger partial charge < -0.3 is 9.26 Å². The van der Waals surface area contributed by atoms with Gasteiger partial charge >= 0.3 is 0 Å². The molecule has 1 aromatic heterocycles. The fraction of sp³-hybridized carbons (Fsp3) is 0.357. The molecule has 7 heteroatoms. The molecular formula is C14H18N2O4S. The van der Waals surface area contributed by atoms with Crippen molar-refractivity contribution in [3.05, 3.63) is 34.7 Å². The number of nitrogens with one attached hydrogen (secondary N) is 1. The first kappa shape index (κ1) is 15.4. The van der Waals surface area contributed by atoms with E-state index in [-0.39, 0.29) is 10.7 Å². The molecule has 1 aromatic carbocycles. The van der Waals surface area contributed by atoms with Crippen molar-refractivity contribution in [2.45, 2.75) is 32.6 Å². The van der Waals surface area contributed by atoms with Crippen LogP contribution < -0.4 is 9.46 Å². The van der Waals surface area contributed by atoms with E-state index in [0.717, 1.165) is 11.1 Å². The second-order valence-corrected chi connectivity index (χ2v) is 6.54. The van der Waals surface area contributed by atoms with Crippen LogP contribution in [-0.4, -0.2) is 20.7 Å². The monoisotopic (exact) mass is 310 g/mol. The van der Waals surface area contributed by atoms with Crippen LogP contribution in [-0.2, 0) is 10.0 Å². The largest absolute Gasteiger partial charge is 0.495 e. The average molecular weight is 310 g/mol. The van der Waals surface area contributed by atoms with Gasteiger partial charge in [0.25, 0.3) is 10.0 Å². The van der Waals surface area contributed by atoms with Crippen LogP contribution in [0, 0.1) is 27.7 Å². The van der Waals surface area contributed by atoms with E-state index in [4.69, 9.17) is 9.26 Å². The van der Waals surface area contributed by atoms with Gasteiger partial charge in [-0.2, -0.15) is 0 Å². The molecule has 6 nitrogen and oxygen atoms in total. The zero-order valence-electron chi connectivity index (χ0n) is 12.6. The van der Waals surface area contributed by atoms with Crippen molar-refractivity contribution in [1.29, 1.82) is 0 Å². The van der Waals surface area contributed by atoms with Crippen molar-refractivity contribution in [2.24, 2.45) is 0 Å². The van der Waals surface area contributed by atoms with Gasteiger partial charge in [0.05, 0.1) is 12.8 Å². The van der Waals surface area contributed by atoms with Crippen LogP contribution in [0.15, 0.2) is 21.6 Å². The molecule has 0 unspecified atom stereocenters. The minimum Gasteiger partial charge on any atom is -0.495 e. The van der Waals surface area contributed by atoms with E-state index in [9.17, 15) is 8.42 Å². The van der Waals surface area contributed by atoms with Gasteiger partial charge in [0.2, 0.25) is 0 Å². The van der Waals surface area contributed by atoms with E-state index >= 15 is 0 Å². The van der Waals surface area contributed by atoms with Gasteiger partial charge in [0.1, 0.15) is 11.4 Å². The highest BCUT2D eigenvalue weighted by molar-refractivity contribution is 7.92. The van der Waals surface area contributed by atoms with Crippen LogP contribution in [0.4, 0.5) is 5.69 Å². The van der Waals surface area contributed by atoms with Crippen molar-refractivity contribution in [3.8, 4) is 5.75 Å². The van der Waals surface area contributed by atoms with E-state index < -0.39 is 10.0 Å². The number of methoxy groups -OCH3 is 1. The topological polar surface area (TPSA) is 81.4 Å². The molecule has 1 N–H and O–H groups in total. The molecule has 114 valence electrons. The Balaban J connectivity index is 2.52. The molecule has 0 saturated carbocycles. The summed E-state index contributed by atoms with van der Waals surface area (Å²) in [5.41, 5.74) is 2.51. The molecular weight excluding hydrogens is 292 g/mol. The number of benzene rings is 1. The van der Waals surface area contributed by atoms with Gasteiger partial charge in [-0.25, -0.2) is 8.42 Å². The highest BCUT2D eigenvalue weighted by atomic mass is 32.2. The fourth-order valence-electron chi connectivity index (χ4n) is 2.26. The Morgan fingerprint density at radius 2 is 1.86 bits per heavy atom. The zero-order chi connectivity index (χ0) is 15.8. The quantitative estimate of drug-likeness (QED) is 0.939. The van der Waals surface area contributed by atoms with E-state index in [1.807, 2.05) is 19.9 Å². The molecule has 0 radical (unpaired) electrons. The van der Waals surface area contributed by atoms with Crippen molar-refractivity contribution >= 4 is 15.7 Å². The number of ether oxygens (including phenoxy) is 1. The third kappa shape index (κ3) is 2.87. The minimum absolute atomic E-state index is 0.0597. The highest BCUT2D eigenvalue weighted by Crippen LogP contribution is 2.32. The second kappa shape index (κ2) is 5.40. The first-order valence-corrected chi connectivity index (χ1v) is 7.85. The number of hydrogen-bond donors (Lipinski definition) is 1. The molecule has 0 aliphatic carbocycles. The number of hydrogen-bond acceptors (Lipinski definition) is 5.